The molecule has 1 amide bonds. The zero-order valence-corrected chi connectivity index (χ0v) is 12.2. The number of hydrogen-bond donors (Lipinski definition) is 1. The Labute approximate surface area is 112 Å². The van der Waals surface area contributed by atoms with Crippen LogP contribution in [-0.4, -0.2) is 36.5 Å². The van der Waals surface area contributed by atoms with Crippen LogP contribution in [0.1, 0.15) is 65.2 Å². The molecule has 0 radical (unpaired) electrons. The molecule has 0 aliphatic carbocycles. The van der Waals surface area contributed by atoms with Crippen LogP contribution in [-0.2, 0) is 4.79 Å². The van der Waals surface area contributed by atoms with Gasteiger partial charge in [-0.25, -0.2) is 0 Å². The molecule has 1 aliphatic rings. The minimum Gasteiger partial charge on any atom is -0.337 e. The van der Waals surface area contributed by atoms with Crippen molar-refractivity contribution < 1.29 is 4.79 Å². The first-order chi connectivity index (χ1) is 8.75. The lowest BCUT2D eigenvalue weighted by atomic mass is 10.1. The first-order valence-electron chi connectivity index (χ1n) is 7.76. The SMILES string of the molecule is CCCCCCCCCC(=O)N1CCNCC1C. The zero-order valence-electron chi connectivity index (χ0n) is 12.2. The molecular weight excluding hydrogens is 224 g/mol. The van der Waals surface area contributed by atoms with Gasteiger partial charge in [0.05, 0.1) is 0 Å². The minimum absolute atomic E-state index is 0.359. The molecule has 1 heterocycles. The van der Waals surface area contributed by atoms with Crippen LogP contribution >= 0.6 is 0 Å². The summed E-state index contributed by atoms with van der Waals surface area (Å²) in [5, 5.41) is 3.32. The maximum absolute atomic E-state index is 12.0. The van der Waals surface area contributed by atoms with Crippen molar-refractivity contribution in [3.8, 4) is 0 Å². The van der Waals surface area contributed by atoms with Crippen LogP contribution in [0.3, 0.4) is 0 Å². The maximum atomic E-state index is 12.0. The molecule has 0 aromatic carbocycles. The standard InChI is InChI=1S/C15H30N2O/c1-3-4-5-6-7-8-9-10-15(18)17-12-11-16-13-14(17)2/h14,16H,3-13H2,1-2H3. The lowest BCUT2D eigenvalue weighted by Gasteiger charge is -2.34. The van der Waals surface area contributed by atoms with E-state index >= 15 is 0 Å². The van der Waals surface area contributed by atoms with E-state index in [1.165, 1.54) is 38.5 Å². The average Bonchev–Trinajstić information content (AvgIpc) is 2.38. The molecule has 1 aliphatic heterocycles. The predicted molar refractivity (Wildman–Crippen MR) is 76.7 cm³/mol. The Bertz CT molecular complexity index is 231. The molecular formula is C15H30N2O. The van der Waals surface area contributed by atoms with E-state index in [1.807, 2.05) is 4.90 Å². The molecule has 1 unspecified atom stereocenters. The number of rotatable bonds is 8. The van der Waals surface area contributed by atoms with Gasteiger partial charge in [-0.05, 0) is 13.3 Å². The summed E-state index contributed by atoms with van der Waals surface area (Å²) in [6.07, 6.45) is 9.70. The summed E-state index contributed by atoms with van der Waals surface area (Å²) < 4.78 is 0. The van der Waals surface area contributed by atoms with E-state index in [9.17, 15) is 4.79 Å². The molecule has 1 fully saturated rings. The van der Waals surface area contributed by atoms with Crippen molar-refractivity contribution in [1.29, 1.82) is 0 Å². The third-order valence-electron chi connectivity index (χ3n) is 3.82. The lowest BCUT2D eigenvalue weighted by molar-refractivity contribution is -0.134. The molecule has 0 aromatic rings. The molecule has 1 atom stereocenters. The summed E-state index contributed by atoms with van der Waals surface area (Å²) in [6.45, 7) is 7.16. The number of amides is 1. The van der Waals surface area contributed by atoms with E-state index in [0.29, 0.717) is 11.9 Å². The van der Waals surface area contributed by atoms with Gasteiger partial charge in [-0.1, -0.05) is 45.4 Å². The summed E-state index contributed by atoms with van der Waals surface area (Å²) in [5.74, 6) is 0.359. The Morgan fingerprint density at radius 2 is 1.83 bits per heavy atom. The van der Waals surface area contributed by atoms with E-state index < -0.39 is 0 Å². The molecule has 3 nitrogen and oxygen atoms in total. The molecule has 1 rings (SSSR count). The van der Waals surface area contributed by atoms with Gasteiger partial charge in [-0.15, -0.1) is 0 Å². The molecule has 106 valence electrons. The van der Waals surface area contributed by atoms with Crippen molar-refractivity contribution in [1.82, 2.24) is 10.2 Å². The van der Waals surface area contributed by atoms with E-state index in [0.717, 1.165) is 32.5 Å². The molecule has 1 saturated heterocycles. The molecule has 0 spiro atoms. The van der Waals surface area contributed by atoms with Crippen LogP contribution in [0.2, 0.25) is 0 Å². The van der Waals surface area contributed by atoms with Crippen LogP contribution in [0.15, 0.2) is 0 Å². The molecule has 0 bridgehead atoms. The third kappa shape index (κ3) is 5.85. The highest BCUT2D eigenvalue weighted by Gasteiger charge is 2.21. The molecule has 1 N–H and O–H groups in total. The third-order valence-corrected chi connectivity index (χ3v) is 3.82. The molecule has 0 aromatic heterocycles. The molecule has 18 heavy (non-hydrogen) atoms. The Balaban J connectivity index is 2.02. The Kier molecular flexibility index (Phi) is 8.06. The van der Waals surface area contributed by atoms with Gasteiger partial charge in [-0.3, -0.25) is 4.79 Å². The number of hydrogen-bond acceptors (Lipinski definition) is 2. The fourth-order valence-electron chi connectivity index (χ4n) is 2.59. The van der Waals surface area contributed by atoms with Crippen molar-refractivity contribution in [2.24, 2.45) is 0 Å². The van der Waals surface area contributed by atoms with Crippen LogP contribution in [0.5, 0.6) is 0 Å². The summed E-state index contributed by atoms with van der Waals surface area (Å²) in [4.78, 5) is 14.1. The first kappa shape index (κ1) is 15.5. The van der Waals surface area contributed by atoms with Crippen LogP contribution in [0.25, 0.3) is 0 Å². The number of piperazine rings is 1. The highest BCUT2D eigenvalue weighted by molar-refractivity contribution is 5.76. The number of carbonyl (C=O) groups is 1. The lowest BCUT2D eigenvalue weighted by Crippen LogP contribution is -2.52. The number of nitrogens with zero attached hydrogens (tertiary/aromatic N) is 1. The van der Waals surface area contributed by atoms with Gasteiger partial charge in [-0.2, -0.15) is 0 Å². The van der Waals surface area contributed by atoms with Gasteiger partial charge in [0.1, 0.15) is 0 Å². The average molecular weight is 254 g/mol. The molecule has 3 heteroatoms. The normalized spacial score (nSPS) is 20.1. The van der Waals surface area contributed by atoms with Gasteiger partial charge in [0.25, 0.3) is 0 Å². The van der Waals surface area contributed by atoms with E-state index in [2.05, 4.69) is 19.2 Å². The first-order valence-corrected chi connectivity index (χ1v) is 7.76. The number of unbranched alkanes of at least 4 members (excludes halogenated alkanes) is 6. The Hall–Kier alpha value is -0.570. The van der Waals surface area contributed by atoms with Crippen molar-refractivity contribution in [3.05, 3.63) is 0 Å². The Morgan fingerprint density at radius 1 is 1.17 bits per heavy atom. The van der Waals surface area contributed by atoms with Crippen molar-refractivity contribution >= 4 is 5.91 Å². The second kappa shape index (κ2) is 9.37. The zero-order chi connectivity index (χ0) is 13.2. The quantitative estimate of drug-likeness (QED) is 0.675. The van der Waals surface area contributed by atoms with E-state index in [4.69, 9.17) is 0 Å². The monoisotopic (exact) mass is 254 g/mol. The fourth-order valence-corrected chi connectivity index (χ4v) is 2.59. The van der Waals surface area contributed by atoms with Crippen molar-refractivity contribution in [2.45, 2.75) is 71.3 Å². The van der Waals surface area contributed by atoms with Crippen molar-refractivity contribution in [2.75, 3.05) is 19.6 Å². The second-order valence-corrected chi connectivity index (χ2v) is 5.51. The number of nitrogens with one attached hydrogen (secondary N) is 1. The maximum Gasteiger partial charge on any atom is 0.222 e. The van der Waals surface area contributed by atoms with E-state index in [-0.39, 0.29) is 0 Å². The summed E-state index contributed by atoms with van der Waals surface area (Å²) in [7, 11) is 0. The van der Waals surface area contributed by atoms with Crippen LogP contribution < -0.4 is 5.32 Å². The number of carbonyl (C=O) groups excluding carboxylic acids is 1. The molecule has 0 saturated carbocycles. The highest BCUT2D eigenvalue weighted by atomic mass is 16.2. The van der Waals surface area contributed by atoms with Crippen molar-refractivity contribution in [3.63, 3.8) is 0 Å². The topological polar surface area (TPSA) is 32.3 Å². The smallest absolute Gasteiger partial charge is 0.222 e. The van der Waals surface area contributed by atoms with Gasteiger partial charge < -0.3 is 10.2 Å². The van der Waals surface area contributed by atoms with Gasteiger partial charge in [0, 0.05) is 32.1 Å². The van der Waals surface area contributed by atoms with Crippen LogP contribution in [0, 0.1) is 0 Å². The predicted octanol–water partition coefficient (Wildman–Crippen LogP) is 2.95. The summed E-state index contributed by atoms with van der Waals surface area (Å²) >= 11 is 0. The fraction of sp³-hybridized carbons (Fsp3) is 0.933. The summed E-state index contributed by atoms with van der Waals surface area (Å²) in [5.41, 5.74) is 0. The minimum atomic E-state index is 0.359. The summed E-state index contributed by atoms with van der Waals surface area (Å²) in [6, 6.07) is 0.371. The highest BCUT2D eigenvalue weighted by Crippen LogP contribution is 2.11. The van der Waals surface area contributed by atoms with E-state index in [1.54, 1.807) is 0 Å². The Morgan fingerprint density at radius 3 is 2.50 bits per heavy atom. The largest absolute Gasteiger partial charge is 0.337 e. The second-order valence-electron chi connectivity index (χ2n) is 5.51. The van der Waals surface area contributed by atoms with Crippen LogP contribution in [0.4, 0.5) is 0 Å². The van der Waals surface area contributed by atoms with Gasteiger partial charge in [0.2, 0.25) is 5.91 Å². The van der Waals surface area contributed by atoms with Gasteiger partial charge in [0.15, 0.2) is 0 Å². The van der Waals surface area contributed by atoms with Gasteiger partial charge >= 0.3 is 0 Å².